The maximum atomic E-state index is 5.89. The van der Waals surface area contributed by atoms with E-state index in [9.17, 15) is 0 Å². The van der Waals surface area contributed by atoms with Crippen LogP contribution in [-0.2, 0) is 0 Å². The molecule has 1 unspecified atom stereocenters. The SMILES string of the molecule is CC1CN(c2ncccc2N)CCS1. The summed E-state index contributed by atoms with van der Waals surface area (Å²) in [4.78, 5) is 6.60. The first-order valence-electron chi connectivity index (χ1n) is 4.84. The molecule has 1 atom stereocenters. The molecule has 14 heavy (non-hydrogen) atoms. The van der Waals surface area contributed by atoms with E-state index < -0.39 is 0 Å². The van der Waals surface area contributed by atoms with Gasteiger partial charge in [0.2, 0.25) is 0 Å². The zero-order valence-electron chi connectivity index (χ0n) is 8.31. The second kappa shape index (κ2) is 4.09. The fourth-order valence-corrected chi connectivity index (χ4v) is 2.70. The van der Waals surface area contributed by atoms with Crippen molar-refractivity contribution in [3.63, 3.8) is 0 Å². The van der Waals surface area contributed by atoms with Crippen LogP contribution in [0.1, 0.15) is 6.92 Å². The molecule has 0 saturated carbocycles. The van der Waals surface area contributed by atoms with Crippen LogP contribution in [0, 0.1) is 0 Å². The number of hydrogen-bond acceptors (Lipinski definition) is 4. The number of nitrogens with zero attached hydrogens (tertiary/aromatic N) is 2. The molecule has 4 heteroatoms. The lowest BCUT2D eigenvalue weighted by Crippen LogP contribution is -2.37. The molecule has 1 aromatic rings. The third-order valence-electron chi connectivity index (χ3n) is 2.36. The number of anilines is 2. The fourth-order valence-electron chi connectivity index (χ4n) is 1.68. The van der Waals surface area contributed by atoms with E-state index in [2.05, 4.69) is 16.8 Å². The lowest BCUT2D eigenvalue weighted by molar-refractivity contribution is 0.771. The quantitative estimate of drug-likeness (QED) is 0.763. The van der Waals surface area contributed by atoms with Crippen molar-refractivity contribution in [1.29, 1.82) is 0 Å². The second-order valence-electron chi connectivity index (χ2n) is 3.54. The summed E-state index contributed by atoms with van der Waals surface area (Å²) in [5, 5.41) is 0.671. The lowest BCUT2D eigenvalue weighted by atomic mass is 10.3. The Bertz CT molecular complexity index is 316. The van der Waals surface area contributed by atoms with E-state index >= 15 is 0 Å². The number of nitrogens with two attached hydrogens (primary N) is 1. The number of aromatic nitrogens is 1. The molecular formula is C10H15N3S. The second-order valence-corrected chi connectivity index (χ2v) is 5.09. The van der Waals surface area contributed by atoms with E-state index in [0.29, 0.717) is 5.25 Å². The Morgan fingerprint density at radius 3 is 3.21 bits per heavy atom. The van der Waals surface area contributed by atoms with E-state index in [0.717, 1.165) is 30.3 Å². The van der Waals surface area contributed by atoms with Crippen molar-refractivity contribution in [3.05, 3.63) is 18.3 Å². The van der Waals surface area contributed by atoms with Gasteiger partial charge in [0.15, 0.2) is 5.82 Å². The van der Waals surface area contributed by atoms with Gasteiger partial charge in [-0.1, -0.05) is 6.92 Å². The standard InChI is InChI=1S/C10H15N3S/c1-8-7-13(5-6-14-8)10-9(11)3-2-4-12-10/h2-4,8H,5-7,11H2,1H3. The van der Waals surface area contributed by atoms with Crippen LogP contribution in [0.15, 0.2) is 18.3 Å². The predicted molar refractivity (Wildman–Crippen MR) is 62.8 cm³/mol. The van der Waals surface area contributed by atoms with Crippen molar-refractivity contribution in [2.24, 2.45) is 0 Å². The van der Waals surface area contributed by atoms with E-state index in [-0.39, 0.29) is 0 Å². The van der Waals surface area contributed by atoms with Gasteiger partial charge in [0, 0.05) is 30.3 Å². The van der Waals surface area contributed by atoms with Gasteiger partial charge >= 0.3 is 0 Å². The summed E-state index contributed by atoms with van der Waals surface area (Å²) < 4.78 is 0. The molecule has 3 nitrogen and oxygen atoms in total. The Morgan fingerprint density at radius 1 is 1.64 bits per heavy atom. The monoisotopic (exact) mass is 209 g/mol. The first kappa shape index (κ1) is 9.65. The highest BCUT2D eigenvalue weighted by Gasteiger charge is 2.18. The third-order valence-corrected chi connectivity index (χ3v) is 3.49. The van der Waals surface area contributed by atoms with Gasteiger partial charge < -0.3 is 10.6 Å². The minimum Gasteiger partial charge on any atom is -0.396 e. The minimum atomic E-state index is 0.671. The molecule has 1 fully saturated rings. The zero-order chi connectivity index (χ0) is 9.97. The van der Waals surface area contributed by atoms with Gasteiger partial charge in [-0.15, -0.1) is 0 Å². The highest BCUT2D eigenvalue weighted by Crippen LogP contribution is 2.25. The molecule has 1 aromatic heterocycles. The molecule has 0 spiro atoms. The maximum absolute atomic E-state index is 5.89. The average molecular weight is 209 g/mol. The summed E-state index contributed by atoms with van der Waals surface area (Å²) in [6, 6.07) is 3.79. The summed E-state index contributed by atoms with van der Waals surface area (Å²) in [6.07, 6.45) is 1.80. The van der Waals surface area contributed by atoms with Gasteiger partial charge in [-0.2, -0.15) is 11.8 Å². The van der Waals surface area contributed by atoms with Gasteiger partial charge in [-0.25, -0.2) is 4.98 Å². The first-order valence-corrected chi connectivity index (χ1v) is 5.89. The summed E-state index contributed by atoms with van der Waals surface area (Å²) in [5.74, 6) is 2.11. The molecule has 1 aliphatic heterocycles. The highest BCUT2D eigenvalue weighted by molar-refractivity contribution is 8.00. The Morgan fingerprint density at radius 2 is 2.50 bits per heavy atom. The van der Waals surface area contributed by atoms with Gasteiger partial charge in [0.25, 0.3) is 0 Å². The van der Waals surface area contributed by atoms with Crippen LogP contribution in [0.25, 0.3) is 0 Å². The lowest BCUT2D eigenvalue weighted by Gasteiger charge is -2.32. The van der Waals surface area contributed by atoms with Gasteiger partial charge in [-0.05, 0) is 12.1 Å². The van der Waals surface area contributed by atoms with Crippen molar-refractivity contribution in [3.8, 4) is 0 Å². The Labute approximate surface area is 88.7 Å². The van der Waals surface area contributed by atoms with Crippen molar-refractivity contribution in [2.75, 3.05) is 29.5 Å². The van der Waals surface area contributed by atoms with E-state index in [1.165, 1.54) is 0 Å². The molecule has 0 aromatic carbocycles. The van der Waals surface area contributed by atoms with Crippen molar-refractivity contribution >= 4 is 23.3 Å². The highest BCUT2D eigenvalue weighted by atomic mass is 32.2. The van der Waals surface area contributed by atoms with Crippen molar-refractivity contribution < 1.29 is 0 Å². The molecular weight excluding hydrogens is 194 g/mol. The topological polar surface area (TPSA) is 42.2 Å². The molecule has 76 valence electrons. The van der Waals surface area contributed by atoms with Gasteiger partial charge in [0.1, 0.15) is 0 Å². The number of thioether (sulfide) groups is 1. The molecule has 2 heterocycles. The fraction of sp³-hybridized carbons (Fsp3) is 0.500. The molecule has 0 bridgehead atoms. The van der Waals surface area contributed by atoms with Crippen LogP contribution in [0.4, 0.5) is 11.5 Å². The first-order chi connectivity index (χ1) is 6.77. The van der Waals surface area contributed by atoms with E-state index in [1.807, 2.05) is 23.9 Å². The molecule has 0 aliphatic carbocycles. The van der Waals surface area contributed by atoms with Crippen molar-refractivity contribution in [2.45, 2.75) is 12.2 Å². The van der Waals surface area contributed by atoms with Crippen LogP contribution < -0.4 is 10.6 Å². The predicted octanol–water partition coefficient (Wildman–Crippen LogP) is 1.61. The number of hydrogen-bond donors (Lipinski definition) is 1. The smallest absolute Gasteiger partial charge is 0.151 e. The van der Waals surface area contributed by atoms with Gasteiger partial charge in [-0.3, -0.25) is 0 Å². The molecule has 2 N–H and O–H groups in total. The normalized spacial score (nSPS) is 22.4. The van der Waals surface area contributed by atoms with E-state index in [4.69, 9.17) is 5.73 Å². The van der Waals surface area contributed by atoms with Crippen molar-refractivity contribution in [1.82, 2.24) is 4.98 Å². The maximum Gasteiger partial charge on any atom is 0.151 e. The van der Waals surface area contributed by atoms with Gasteiger partial charge in [0.05, 0.1) is 5.69 Å². The third kappa shape index (κ3) is 1.95. The summed E-state index contributed by atoms with van der Waals surface area (Å²) in [6.45, 7) is 4.35. The Kier molecular flexibility index (Phi) is 2.82. The van der Waals surface area contributed by atoms with Crippen LogP contribution in [0.3, 0.4) is 0 Å². The number of rotatable bonds is 1. The molecule has 0 amide bonds. The number of pyridine rings is 1. The molecule has 1 saturated heterocycles. The van der Waals surface area contributed by atoms with Crippen LogP contribution in [0.5, 0.6) is 0 Å². The van der Waals surface area contributed by atoms with Crippen LogP contribution in [-0.4, -0.2) is 29.1 Å². The molecule has 1 aliphatic rings. The summed E-state index contributed by atoms with van der Waals surface area (Å²) in [7, 11) is 0. The molecule has 0 radical (unpaired) electrons. The summed E-state index contributed by atoms with van der Waals surface area (Å²) >= 11 is 2.01. The number of nitrogen functional groups attached to an aromatic ring is 1. The summed E-state index contributed by atoms with van der Waals surface area (Å²) in [5.41, 5.74) is 6.67. The average Bonchev–Trinajstić information content (AvgIpc) is 2.18. The van der Waals surface area contributed by atoms with Crippen LogP contribution in [0.2, 0.25) is 0 Å². The Hall–Kier alpha value is -0.900. The largest absolute Gasteiger partial charge is 0.396 e. The van der Waals surface area contributed by atoms with E-state index in [1.54, 1.807) is 6.20 Å². The minimum absolute atomic E-state index is 0.671. The molecule has 2 rings (SSSR count). The van der Waals surface area contributed by atoms with Crippen LogP contribution >= 0.6 is 11.8 Å². The Balaban J connectivity index is 2.18. The zero-order valence-corrected chi connectivity index (χ0v) is 9.13.